The molecule has 6 nitrogen and oxygen atoms in total. The molecule has 8 heteroatoms. The van der Waals surface area contributed by atoms with E-state index >= 15 is 0 Å². The Hall–Kier alpha value is -0.700. The van der Waals surface area contributed by atoms with E-state index in [4.69, 9.17) is 0 Å². The lowest BCUT2D eigenvalue weighted by Crippen LogP contribution is -2.49. The number of nitrogens with one attached hydrogen (secondary N) is 2. The standard InChI is InChI=1S/C12H22N4O2S2/c1-9-10(2)19-12(14-9)15-20(17,18)16-7-5-4-6-11(16)8-13-3/h11,13H,4-8H2,1-3H3,(H,14,15). The summed E-state index contributed by atoms with van der Waals surface area (Å²) in [5.41, 5.74) is 0.873. The average molecular weight is 318 g/mol. The van der Waals surface area contributed by atoms with Crippen LogP contribution in [-0.2, 0) is 10.2 Å². The number of rotatable bonds is 5. The van der Waals surface area contributed by atoms with Crippen LogP contribution in [0.2, 0.25) is 0 Å². The second-order valence-electron chi connectivity index (χ2n) is 5.09. The minimum absolute atomic E-state index is 0.0217. The molecule has 1 saturated heterocycles. The number of piperidine rings is 1. The maximum atomic E-state index is 12.5. The van der Waals surface area contributed by atoms with E-state index in [0.717, 1.165) is 29.8 Å². The Balaban J connectivity index is 2.15. The zero-order valence-electron chi connectivity index (χ0n) is 12.1. The third-order valence-electron chi connectivity index (χ3n) is 3.57. The number of aromatic nitrogens is 1. The molecule has 1 aromatic heterocycles. The van der Waals surface area contributed by atoms with E-state index in [1.807, 2.05) is 20.9 Å². The van der Waals surface area contributed by atoms with Gasteiger partial charge in [-0.25, -0.2) is 9.71 Å². The van der Waals surface area contributed by atoms with Crippen LogP contribution in [0.3, 0.4) is 0 Å². The smallest absolute Gasteiger partial charge is 0.303 e. The zero-order valence-corrected chi connectivity index (χ0v) is 13.8. The molecule has 1 atom stereocenters. The van der Waals surface area contributed by atoms with Crippen molar-refractivity contribution in [3.05, 3.63) is 10.6 Å². The van der Waals surface area contributed by atoms with E-state index in [2.05, 4.69) is 15.0 Å². The number of aryl methyl sites for hydroxylation is 2. The predicted octanol–water partition coefficient (Wildman–Crippen LogP) is 1.49. The van der Waals surface area contributed by atoms with Gasteiger partial charge in [0.05, 0.1) is 5.69 Å². The minimum Gasteiger partial charge on any atom is -0.318 e. The molecule has 0 radical (unpaired) electrons. The largest absolute Gasteiger partial charge is 0.318 e. The van der Waals surface area contributed by atoms with Crippen molar-refractivity contribution in [2.45, 2.75) is 39.2 Å². The van der Waals surface area contributed by atoms with Crippen molar-refractivity contribution in [3.8, 4) is 0 Å². The first-order valence-corrected chi connectivity index (χ1v) is 9.08. The van der Waals surface area contributed by atoms with Crippen LogP contribution in [0, 0.1) is 13.8 Å². The van der Waals surface area contributed by atoms with Crippen molar-refractivity contribution in [1.29, 1.82) is 0 Å². The van der Waals surface area contributed by atoms with Gasteiger partial charge in [-0.15, -0.1) is 11.3 Å². The molecule has 1 unspecified atom stereocenters. The number of nitrogens with zero attached hydrogens (tertiary/aromatic N) is 2. The van der Waals surface area contributed by atoms with Crippen molar-refractivity contribution >= 4 is 26.7 Å². The SMILES string of the molecule is CNCC1CCCCN1S(=O)(=O)Nc1nc(C)c(C)s1. The van der Waals surface area contributed by atoms with Gasteiger partial charge in [-0.1, -0.05) is 6.42 Å². The first-order valence-electron chi connectivity index (χ1n) is 6.82. The Morgan fingerprint density at radius 1 is 1.40 bits per heavy atom. The molecule has 0 aliphatic carbocycles. The molecule has 2 N–H and O–H groups in total. The Kier molecular flexibility index (Phi) is 5.00. The van der Waals surface area contributed by atoms with Gasteiger partial charge in [0.2, 0.25) is 0 Å². The molecular formula is C12H22N4O2S2. The third-order valence-corrected chi connectivity index (χ3v) is 6.23. The summed E-state index contributed by atoms with van der Waals surface area (Å²) in [5.74, 6) is 0. The molecule has 0 amide bonds. The van der Waals surface area contributed by atoms with E-state index in [1.54, 1.807) is 4.31 Å². The molecule has 20 heavy (non-hydrogen) atoms. The van der Waals surface area contributed by atoms with E-state index < -0.39 is 10.2 Å². The second kappa shape index (κ2) is 6.38. The second-order valence-corrected chi connectivity index (χ2v) is 7.91. The first kappa shape index (κ1) is 15.7. The molecule has 0 aromatic carbocycles. The molecule has 114 valence electrons. The highest BCUT2D eigenvalue weighted by molar-refractivity contribution is 7.90. The van der Waals surface area contributed by atoms with Crippen LogP contribution in [0.25, 0.3) is 0 Å². The van der Waals surface area contributed by atoms with Crippen LogP contribution in [0.5, 0.6) is 0 Å². The summed E-state index contributed by atoms with van der Waals surface area (Å²) in [7, 11) is -1.67. The fraction of sp³-hybridized carbons (Fsp3) is 0.750. The van der Waals surface area contributed by atoms with Crippen LogP contribution in [0.4, 0.5) is 5.13 Å². The summed E-state index contributed by atoms with van der Waals surface area (Å²) in [6.07, 6.45) is 2.89. The fourth-order valence-electron chi connectivity index (χ4n) is 2.42. The number of anilines is 1. The van der Waals surface area contributed by atoms with Crippen molar-refractivity contribution in [3.63, 3.8) is 0 Å². The van der Waals surface area contributed by atoms with Gasteiger partial charge in [-0.05, 0) is 33.7 Å². The average Bonchev–Trinajstić information content (AvgIpc) is 2.68. The molecule has 1 aliphatic rings. The van der Waals surface area contributed by atoms with Crippen LogP contribution in [-0.4, -0.2) is 43.9 Å². The van der Waals surface area contributed by atoms with Crippen molar-refractivity contribution in [2.24, 2.45) is 0 Å². The van der Waals surface area contributed by atoms with Gasteiger partial charge >= 0.3 is 10.2 Å². The van der Waals surface area contributed by atoms with E-state index in [-0.39, 0.29) is 6.04 Å². The van der Waals surface area contributed by atoms with Gasteiger partial charge in [-0.2, -0.15) is 12.7 Å². The highest BCUT2D eigenvalue weighted by Gasteiger charge is 2.32. The minimum atomic E-state index is -3.52. The Morgan fingerprint density at radius 3 is 2.75 bits per heavy atom. The van der Waals surface area contributed by atoms with Crippen molar-refractivity contribution in [1.82, 2.24) is 14.6 Å². The van der Waals surface area contributed by atoms with Gasteiger partial charge in [-0.3, -0.25) is 0 Å². The van der Waals surface area contributed by atoms with Crippen LogP contribution in [0.1, 0.15) is 29.8 Å². The van der Waals surface area contributed by atoms with Gasteiger partial charge < -0.3 is 5.32 Å². The number of hydrogen-bond acceptors (Lipinski definition) is 5. The van der Waals surface area contributed by atoms with Gasteiger partial charge in [0.15, 0.2) is 5.13 Å². The van der Waals surface area contributed by atoms with Gasteiger partial charge in [0.25, 0.3) is 0 Å². The zero-order chi connectivity index (χ0) is 14.8. The van der Waals surface area contributed by atoms with Crippen molar-refractivity contribution < 1.29 is 8.42 Å². The van der Waals surface area contributed by atoms with Crippen molar-refractivity contribution in [2.75, 3.05) is 24.9 Å². The summed E-state index contributed by atoms with van der Waals surface area (Å²) in [5, 5.41) is 3.52. The highest BCUT2D eigenvalue weighted by atomic mass is 32.2. The van der Waals surface area contributed by atoms with E-state index in [1.165, 1.54) is 11.3 Å². The van der Waals surface area contributed by atoms with E-state index in [0.29, 0.717) is 18.2 Å². The topological polar surface area (TPSA) is 74.3 Å². The summed E-state index contributed by atoms with van der Waals surface area (Å²) in [6.45, 7) is 5.08. The molecule has 0 spiro atoms. The lowest BCUT2D eigenvalue weighted by atomic mass is 10.1. The maximum absolute atomic E-state index is 12.5. The Bertz CT molecular complexity index is 534. The molecular weight excluding hydrogens is 296 g/mol. The first-order chi connectivity index (χ1) is 9.44. The monoisotopic (exact) mass is 318 g/mol. The summed E-state index contributed by atoms with van der Waals surface area (Å²) in [6, 6.07) is 0.0217. The number of thiazole rings is 1. The number of likely N-dealkylation sites (N-methyl/N-ethyl adjacent to an activating group) is 1. The summed E-state index contributed by atoms with van der Waals surface area (Å²) >= 11 is 1.38. The molecule has 0 bridgehead atoms. The summed E-state index contributed by atoms with van der Waals surface area (Å²) in [4.78, 5) is 5.28. The lowest BCUT2D eigenvalue weighted by Gasteiger charge is -2.34. The molecule has 2 rings (SSSR count). The van der Waals surface area contributed by atoms with Crippen LogP contribution < -0.4 is 10.0 Å². The van der Waals surface area contributed by atoms with E-state index in [9.17, 15) is 8.42 Å². The van der Waals surface area contributed by atoms with Gasteiger partial charge in [0.1, 0.15) is 0 Å². The molecule has 1 fully saturated rings. The third kappa shape index (κ3) is 3.49. The normalized spacial score (nSPS) is 21.1. The maximum Gasteiger partial charge on any atom is 0.303 e. The Morgan fingerprint density at radius 2 is 2.15 bits per heavy atom. The van der Waals surface area contributed by atoms with Gasteiger partial charge in [0, 0.05) is 24.0 Å². The fourth-order valence-corrected chi connectivity index (χ4v) is 4.89. The lowest BCUT2D eigenvalue weighted by molar-refractivity contribution is 0.250. The molecule has 1 aliphatic heterocycles. The molecule has 2 heterocycles. The summed E-state index contributed by atoms with van der Waals surface area (Å²) < 4.78 is 29.2. The quantitative estimate of drug-likeness (QED) is 0.862. The number of hydrogen-bond donors (Lipinski definition) is 2. The van der Waals surface area contributed by atoms with Crippen LogP contribution >= 0.6 is 11.3 Å². The van der Waals surface area contributed by atoms with Crippen LogP contribution in [0.15, 0.2) is 0 Å². The molecule has 1 aromatic rings. The predicted molar refractivity (Wildman–Crippen MR) is 82.4 cm³/mol. The Labute approximate surface area is 124 Å². The highest BCUT2D eigenvalue weighted by Crippen LogP contribution is 2.25. The molecule has 0 saturated carbocycles.